The molecule has 0 unspecified atom stereocenters. The molecule has 0 aliphatic carbocycles. The van der Waals surface area contributed by atoms with Crippen LogP contribution in [-0.4, -0.2) is 18.6 Å². The lowest BCUT2D eigenvalue weighted by Gasteiger charge is -1.99. The van der Waals surface area contributed by atoms with Gasteiger partial charge in [-0.3, -0.25) is 0 Å². The third-order valence-corrected chi connectivity index (χ3v) is 1.46. The highest BCUT2D eigenvalue weighted by Crippen LogP contribution is 2.10. The SMILES string of the molecule is COCCCCC(Cl)Cl. The normalized spacial score (nSPS) is 10.7. The fourth-order valence-corrected chi connectivity index (χ4v) is 0.854. The Morgan fingerprint density at radius 2 is 2.00 bits per heavy atom. The molecule has 0 saturated heterocycles. The molecule has 0 amide bonds. The van der Waals surface area contributed by atoms with Crippen LogP contribution >= 0.6 is 23.2 Å². The number of ether oxygens (including phenoxy) is 1. The zero-order valence-corrected chi connectivity index (χ0v) is 7.08. The molecule has 0 aromatic rings. The molecule has 0 rings (SSSR count). The summed E-state index contributed by atoms with van der Waals surface area (Å²) in [6.45, 7) is 0.806. The van der Waals surface area contributed by atoms with Gasteiger partial charge in [0.15, 0.2) is 0 Å². The van der Waals surface area contributed by atoms with Crippen LogP contribution in [0, 0.1) is 0 Å². The smallest absolute Gasteiger partial charge is 0.107 e. The largest absolute Gasteiger partial charge is 0.385 e. The third kappa shape index (κ3) is 8.54. The fraction of sp³-hybridized carbons (Fsp3) is 1.00. The molecule has 0 bridgehead atoms. The van der Waals surface area contributed by atoms with Crippen molar-refractivity contribution in [3.8, 4) is 0 Å². The zero-order chi connectivity index (χ0) is 7.11. The Hall–Kier alpha value is 0.540. The number of hydrogen-bond donors (Lipinski definition) is 0. The van der Waals surface area contributed by atoms with E-state index in [9.17, 15) is 0 Å². The molecule has 0 fully saturated rings. The topological polar surface area (TPSA) is 9.23 Å². The first-order valence-corrected chi connectivity index (χ1v) is 3.91. The van der Waals surface area contributed by atoms with Crippen LogP contribution in [0.4, 0.5) is 0 Å². The summed E-state index contributed by atoms with van der Waals surface area (Å²) in [5, 5.41) is 0. The Bertz CT molecular complexity index is 57.0. The number of halogens is 2. The first-order valence-electron chi connectivity index (χ1n) is 3.04. The van der Waals surface area contributed by atoms with Gasteiger partial charge in [-0.2, -0.15) is 0 Å². The quantitative estimate of drug-likeness (QED) is 0.456. The van der Waals surface area contributed by atoms with Crippen molar-refractivity contribution in [3.63, 3.8) is 0 Å². The molecule has 1 nitrogen and oxygen atoms in total. The van der Waals surface area contributed by atoms with E-state index < -0.39 is 0 Å². The number of unbranched alkanes of at least 4 members (excludes halogenated alkanes) is 1. The lowest BCUT2D eigenvalue weighted by atomic mass is 10.3. The van der Waals surface area contributed by atoms with Crippen molar-refractivity contribution >= 4 is 23.2 Å². The minimum absolute atomic E-state index is 0.207. The van der Waals surface area contributed by atoms with E-state index in [4.69, 9.17) is 27.9 Å². The maximum atomic E-state index is 5.48. The van der Waals surface area contributed by atoms with Crippen molar-refractivity contribution in [1.82, 2.24) is 0 Å². The summed E-state index contributed by atoms with van der Waals surface area (Å²) in [7, 11) is 1.69. The highest BCUT2D eigenvalue weighted by molar-refractivity contribution is 6.44. The maximum Gasteiger partial charge on any atom is 0.107 e. The van der Waals surface area contributed by atoms with E-state index >= 15 is 0 Å². The number of alkyl halides is 2. The summed E-state index contributed by atoms with van der Waals surface area (Å²) >= 11 is 11.0. The van der Waals surface area contributed by atoms with E-state index in [2.05, 4.69) is 0 Å². The monoisotopic (exact) mass is 170 g/mol. The summed E-state index contributed by atoms with van der Waals surface area (Å²) in [5.74, 6) is 0. The molecule has 0 spiro atoms. The van der Waals surface area contributed by atoms with Crippen LogP contribution in [0.1, 0.15) is 19.3 Å². The predicted molar refractivity (Wildman–Crippen MR) is 41.2 cm³/mol. The molecule has 0 aromatic heterocycles. The van der Waals surface area contributed by atoms with Crippen LogP contribution in [0.5, 0.6) is 0 Å². The second-order valence-electron chi connectivity index (χ2n) is 1.88. The molecule has 0 radical (unpaired) electrons. The Morgan fingerprint density at radius 1 is 1.33 bits per heavy atom. The van der Waals surface area contributed by atoms with Crippen LogP contribution in [0.25, 0.3) is 0 Å². The van der Waals surface area contributed by atoms with Gasteiger partial charge in [0.2, 0.25) is 0 Å². The highest BCUT2D eigenvalue weighted by Gasteiger charge is 1.96. The van der Waals surface area contributed by atoms with Gasteiger partial charge in [-0.1, -0.05) is 0 Å². The van der Waals surface area contributed by atoms with Crippen LogP contribution < -0.4 is 0 Å². The zero-order valence-electron chi connectivity index (χ0n) is 5.57. The summed E-state index contributed by atoms with van der Waals surface area (Å²) in [6.07, 6.45) is 2.96. The molecular formula is C6H12Cl2O. The third-order valence-electron chi connectivity index (χ3n) is 1.02. The van der Waals surface area contributed by atoms with Crippen molar-refractivity contribution in [2.45, 2.75) is 24.1 Å². The molecular weight excluding hydrogens is 159 g/mol. The van der Waals surface area contributed by atoms with Gasteiger partial charge < -0.3 is 4.74 Å². The van der Waals surface area contributed by atoms with Gasteiger partial charge in [0, 0.05) is 13.7 Å². The average Bonchev–Trinajstić information content (AvgIpc) is 1.80. The highest BCUT2D eigenvalue weighted by atomic mass is 35.5. The maximum absolute atomic E-state index is 5.48. The Balaban J connectivity index is 2.75. The van der Waals surface area contributed by atoms with Gasteiger partial charge in [-0.05, 0) is 19.3 Å². The molecule has 3 heteroatoms. The van der Waals surface area contributed by atoms with Crippen LogP contribution in [0.3, 0.4) is 0 Å². The standard InChI is InChI=1S/C6H12Cl2O/c1-9-5-3-2-4-6(7)8/h6H,2-5H2,1H3. The van der Waals surface area contributed by atoms with Crippen LogP contribution in [0.2, 0.25) is 0 Å². The minimum atomic E-state index is -0.207. The van der Waals surface area contributed by atoms with Crippen molar-refractivity contribution in [2.24, 2.45) is 0 Å². The van der Waals surface area contributed by atoms with Gasteiger partial charge in [0.05, 0.1) is 0 Å². The minimum Gasteiger partial charge on any atom is -0.385 e. The Morgan fingerprint density at radius 3 is 2.44 bits per heavy atom. The molecule has 0 N–H and O–H groups in total. The van der Waals surface area contributed by atoms with Crippen LogP contribution in [0.15, 0.2) is 0 Å². The van der Waals surface area contributed by atoms with Crippen molar-refractivity contribution in [2.75, 3.05) is 13.7 Å². The second kappa shape index (κ2) is 6.66. The molecule has 56 valence electrons. The van der Waals surface area contributed by atoms with Gasteiger partial charge in [0.25, 0.3) is 0 Å². The first-order chi connectivity index (χ1) is 4.27. The average molecular weight is 171 g/mol. The van der Waals surface area contributed by atoms with Crippen molar-refractivity contribution in [3.05, 3.63) is 0 Å². The molecule has 0 saturated carbocycles. The summed E-state index contributed by atoms with van der Waals surface area (Å²) < 4.78 is 4.84. The molecule has 0 aliphatic heterocycles. The van der Waals surface area contributed by atoms with E-state index in [1.165, 1.54) is 0 Å². The second-order valence-corrected chi connectivity index (χ2v) is 3.16. The summed E-state index contributed by atoms with van der Waals surface area (Å²) in [4.78, 5) is -0.207. The van der Waals surface area contributed by atoms with E-state index in [1.54, 1.807) is 7.11 Å². The molecule has 0 aromatic carbocycles. The Labute approximate surface area is 66.3 Å². The number of methoxy groups -OCH3 is 1. The van der Waals surface area contributed by atoms with Crippen molar-refractivity contribution in [1.29, 1.82) is 0 Å². The van der Waals surface area contributed by atoms with Gasteiger partial charge in [-0.15, -0.1) is 23.2 Å². The summed E-state index contributed by atoms with van der Waals surface area (Å²) in [6, 6.07) is 0. The van der Waals surface area contributed by atoms with E-state index in [0.717, 1.165) is 25.9 Å². The molecule has 0 aliphatic rings. The molecule has 0 atom stereocenters. The van der Waals surface area contributed by atoms with E-state index in [-0.39, 0.29) is 4.84 Å². The molecule has 0 heterocycles. The summed E-state index contributed by atoms with van der Waals surface area (Å²) in [5.41, 5.74) is 0. The fourth-order valence-electron chi connectivity index (χ4n) is 0.545. The van der Waals surface area contributed by atoms with Crippen molar-refractivity contribution < 1.29 is 4.74 Å². The molecule has 9 heavy (non-hydrogen) atoms. The predicted octanol–water partition coefficient (Wildman–Crippen LogP) is 2.61. The first kappa shape index (κ1) is 9.54. The number of rotatable bonds is 5. The van der Waals surface area contributed by atoms with Gasteiger partial charge in [-0.25, -0.2) is 0 Å². The van der Waals surface area contributed by atoms with Crippen LogP contribution in [-0.2, 0) is 4.74 Å². The lowest BCUT2D eigenvalue weighted by molar-refractivity contribution is 0.192. The van der Waals surface area contributed by atoms with Gasteiger partial charge in [0.1, 0.15) is 4.84 Å². The van der Waals surface area contributed by atoms with E-state index in [0.29, 0.717) is 0 Å². The number of hydrogen-bond acceptors (Lipinski definition) is 1. The van der Waals surface area contributed by atoms with Gasteiger partial charge >= 0.3 is 0 Å². The lowest BCUT2D eigenvalue weighted by Crippen LogP contribution is -1.91. The van der Waals surface area contributed by atoms with E-state index in [1.807, 2.05) is 0 Å². The Kier molecular flexibility index (Phi) is 7.06.